The third-order valence-electron chi connectivity index (χ3n) is 3.51. The summed E-state index contributed by atoms with van der Waals surface area (Å²) in [6.07, 6.45) is 1.08. The Morgan fingerprint density at radius 1 is 1.19 bits per heavy atom. The molecule has 3 N–H and O–H groups in total. The van der Waals surface area contributed by atoms with Crippen LogP contribution in [0.5, 0.6) is 0 Å². The first-order valence-electron chi connectivity index (χ1n) is 7.08. The van der Waals surface area contributed by atoms with E-state index >= 15 is 0 Å². The lowest BCUT2D eigenvalue weighted by Gasteiger charge is -2.23. The number of nitrogens with one attached hydrogen (secondary N) is 1. The van der Waals surface area contributed by atoms with Crippen LogP contribution < -0.4 is 5.32 Å². The van der Waals surface area contributed by atoms with Gasteiger partial charge < -0.3 is 15.5 Å². The minimum absolute atomic E-state index is 0.106. The van der Waals surface area contributed by atoms with Crippen molar-refractivity contribution in [3.05, 3.63) is 29.8 Å². The molecule has 1 rings (SSSR count). The standard InChI is InChI=1S/C15H25NO4S/c1-11(2)14(8-9-17)16-10-15(18)12-4-6-13(7-5-12)21(3,19)20/h4-7,11,14-18H,8-10H2,1-3H3. The average molecular weight is 315 g/mol. The van der Waals surface area contributed by atoms with Crippen molar-refractivity contribution in [1.29, 1.82) is 0 Å². The Morgan fingerprint density at radius 2 is 1.76 bits per heavy atom. The van der Waals surface area contributed by atoms with Crippen molar-refractivity contribution in [3.8, 4) is 0 Å². The highest BCUT2D eigenvalue weighted by atomic mass is 32.2. The molecule has 120 valence electrons. The van der Waals surface area contributed by atoms with Crippen LogP contribution in [-0.2, 0) is 9.84 Å². The second-order valence-electron chi connectivity index (χ2n) is 5.63. The molecular weight excluding hydrogens is 290 g/mol. The van der Waals surface area contributed by atoms with Crippen LogP contribution in [0.25, 0.3) is 0 Å². The van der Waals surface area contributed by atoms with E-state index in [1.54, 1.807) is 12.1 Å². The predicted octanol–water partition coefficient (Wildman–Crippen LogP) is 1.12. The molecule has 2 atom stereocenters. The fraction of sp³-hybridized carbons (Fsp3) is 0.600. The fourth-order valence-electron chi connectivity index (χ4n) is 2.13. The maximum atomic E-state index is 11.4. The van der Waals surface area contributed by atoms with Crippen molar-refractivity contribution < 1.29 is 18.6 Å². The zero-order valence-electron chi connectivity index (χ0n) is 12.8. The Morgan fingerprint density at radius 3 is 2.19 bits per heavy atom. The van der Waals surface area contributed by atoms with E-state index in [0.29, 0.717) is 24.4 Å². The van der Waals surface area contributed by atoms with Crippen LogP contribution in [0.15, 0.2) is 29.2 Å². The topological polar surface area (TPSA) is 86.6 Å². The number of aliphatic hydroxyl groups excluding tert-OH is 2. The second kappa shape index (κ2) is 7.89. The van der Waals surface area contributed by atoms with Gasteiger partial charge in [-0.1, -0.05) is 26.0 Å². The third-order valence-corrected chi connectivity index (χ3v) is 4.64. The Kier molecular flexibility index (Phi) is 6.80. The monoisotopic (exact) mass is 315 g/mol. The molecule has 0 saturated heterocycles. The molecule has 0 aliphatic heterocycles. The van der Waals surface area contributed by atoms with E-state index in [1.165, 1.54) is 12.1 Å². The highest BCUT2D eigenvalue weighted by Crippen LogP contribution is 2.17. The molecule has 0 amide bonds. The van der Waals surface area contributed by atoms with Crippen molar-refractivity contribution in [3.63, 3.8) is 0 Å². The van der Waals surface area contributed by atoms with E-state index in [4.69, 9.17) is 5.11 Å². The maximum absolute atomic E-state index is 11.4. The molecule has 0 saturated carbocycles. The van der Waals surface area contributed by atoms with Gasteiger partial charge in [0, 0.05) is 25.4 Å². The lowest BCUT2D eigenvalue weighted by Crippen LogP contribution is -2.37. The summed E-state index contributed by atoms with van der Waals surface area (Å²) < 4.78 is 22.8. The Balaban J connectivity index is 2.65. The molecule has 6 heteroatoms. The summed E-state index contributed by atoms with van der Waals surface area (Å²) in [7, 11) is -3.21. The number of rotatable bonds is 8. The largest absolute Gasteiger partial charge is 0.396 e. The average Bonchev–Trinajstić information content (AvgIpc) is 2.42. The van der Waals surface area contributed by atoms with Gasteiger partial charge >= 0.3 is 0 Å². The number of aliphatic hydroxyl groups is 2. The van der Waals surface area contributed by atoms with Gasteiger partial charge in [-0.15, -0.1) is 0 Å². The molecule has 0 heterocycles. The SMILES string of the molecule is CC(C)C(CCO)NCC(O)c1ccc(S(C)(=O)=O)cc1. The second-order valence-corrected chi connectivity index (χ2v) is 7.64. The molecule has 0 bridgehead atoms. The smallest absolute Gasteiger partial charge is 0.175 e. The third kappa shape index (κ3) is 5.74. The zero-order valence-corrected chi connectivity index (χ0v) is 13.6. The van der Waals surface area contributed by atoms with Crippen LogP contribution in [0.2, 0.25) is 0 Å². The fourth-order valence-corrected chi connectivity index (χ4v) is 2.76. The van der Waals surface area contributed by atoms with E-state index < -0.39 is 15.9 Å². The molecular formula is C15H25NO4S. The first-order valence-corrected chi connectivity index (χ1v) is 8.97. The summed E-state index contributed by atoms with van der Waals surface area (Å²) in [5, 5.41) is 22.4. The van der Waals surface area contributed by atoms with Crippen LogP contribution in [0.1, 0.15) is 31.9 Å². The van der Waals surface area contributed by atoms with Gasteiger partial charge in [-0.25, -0.2) is 8.42 Å². The minimum atomic E-state index is -3.21. The molecule has 0 radical (unpaired) electrons. The number of hydrogen-bond acceptors (Lipinski definition) is 5. The lowest BCUT2D eigenvalue weighted by molar-refractivity contribution is 0.159. The maximum Gasteiger partial charge on any atom is 0.175 e. The summed E-state index contributed by atoms with van der Waals surface area (Å²) in [5.41, 5.74) is 0.668. The van der Waals surface area contributed by atoms with E-state index in [9.17, 15) is 13.5 Å². The van der Waals surface area contributed by atoms with E-state index in [1.807, 2.05) is 0 Å². The highest BCUT2D eigenvalue weighted by molar-refractivity contribution is 7.90. The number of sulfone groups is 1. The van der Waals surface area contributed by atoms with Gasteiger partial charge in [0.25, 0.3) is 0 Å². The van der Waals surface area contributed by atoms with E-state index in [0.717, 1.165) is 6.26 Å². The van der Waals surface area contributed by atoms with Gasteiger partial charge in [0.2, 0.25) is 0 Å². The number of hydrogen-bond donors (Lipinski definition) is 3. The van der Waals surface area contributed by atoms with Gasteiger partial charge in [0.05, 0.1) is 11.0 Å². The summed E-state index contributed by atoms with van der Waals surface area (Å²) >= 11 is 0. The van der Waals surface area contributed by atoms with Gasteiger partial charge in [-0.05, 0) is 30.0 Å². The molecule has 0 aliphatic rings. The predicted molar refractivity (Wildman–Crippen MR) is 82.8 cm³/mol. The lowest BCUT2D eigenvalue weighted by atomic mass is 10.0. The molecule has 1 aromatic carbocycles. The first kappa shape index (κ1) is 18.1. The zero-order chi connectivity index (χ0) is 16.0. The van der Waals surface area contributed by atoms with Crippen molar-refractivity contribution in [2.24, 2.45) is 5.92 Å². The van der Waals surface area contributed by atoms with Crippen LogP contribution in [0.3, 0.4) is 0 Å². The quantitative estimate of drug-likeness (QED) is 0.669. The van der Waals surface area contributed by atoms with Crippen LogP contribution in [-0.4, -0.2) is 44.1 Å². The van der Waals surface area contributed by atoms with Gasteiger partial charge in [0.1, 0.15) is 0 Å². The molecule has 21 heavy (non-hydrogen) atoms. The highest BCUT2D eigenvalue weighted by Gasteiger charge is 2.15. The summed E-state index contributed by atoms with van der Waals surface area (Å²) in [5.74, 6) is 0.358. The molecule has 0 spiro atoms. The minimum Gasteiger partial charge on any atom is -0.396 e. The Hall–Kier alpha value is -0.950. The van der Waals surface area contributed by atoms with Crippen LogP contribution in [0.4, 0.5) is 0 Å². The van der Waals surface area contributed by atoms with Crippen molar-refractivity contribution in [1.82, 2.24) is 5.32 Å². The molecule has 2 unspecified atom stereocenters. The van der Waals surface area contributed by atoms with Gasteiger partial charge in [-0.3, -0.25) is 0 Å². The van der Waals surface area contributed by atoms with Crippen molar-refractivity contribution in [2.75, 3.05) is 19.4 Å². The number of benzene rings is 1. The summed E-state index contributed by atoms with van der Waals surface area (Å²) in [6.45, 7) is 4.58. The van der Waals surface area contributed by atoms with E-state index in [-0.39, 0.29) is 17.5 Å². The molecule has 0 fully saturated rings. The van der Waals surface area contributed by atoms with Crippen molar-refractivity contribution in [2.45, 2.75) is 37.3 Å². The Labute approximate surface area is 126 Å². The normalized spacial score (nSPS) is 15.1. The first-order chi connectivity index (χ1) is 9.75. The summed E-state index contributed by atoms with van der Waals surface area (Å²) in [4.78, 5) is 0.242. The molecule has 0 aliphatic carbocycles. The summed E-state index contributed by atoms with van der Waals surface area (Å²) in [6, 6.07) is 6.39. The van der Waals surface area contributed by atoms with Gasteiger partial charge in [-0.2, -0.15) is 0 Å². The molecule has 0 aromatic heterocycles. The molecule has 1 aromatic rings. The van der Waals surface area contributed by atoms with Gasteiger partial charge in [0.15, 0.2) is 9.84 Å². The van der Waals surface area contributed by atoms with Crippen LogP contribution in [0, 0.1) is 5.92 Å². The Bertz CT molecular complexity index is 525. The molecule has 5 nitrogen and oxygen atoms in total. The van der Waals surface area contributed by atoms with Crippen molar-refractivity contribution >= 4 is 9.84 Å². The van der Waals surface area contributed by atoms with E-state index in [2.05, 4.69) is 19.2 Å². The van der Waals surface area contributed by atoms with Crippen LogP contribution >= 0.6 is 0 Å².